The van der Waals surface area contributed by atoms with Crippen molar-refractivity contribution in [2.75, 3.05) is 27.3 Å². The highest BCUT2D eigenvalue weighted by atomic mass is 16.5. The van der Waals surface area contributed by atoms with E-state index in [0.717, 1.165) is 23.1 Å². The molecule has 6 heteroatoms. The quantitative estimate of drug-likeness (QED) is 0.771. The number of benzene rings is 2. The number of rotatable bonds is 6. The summed E-state index contributed by atoms with van der Waals surface area (Å²) in [7, 11) is 3.22. The Morgan fingerprint density at radius 2 is 1.84 bits per heavy atom. The van der Waals surface area contributed by atoms with E-state index >= 15 is 0 Å². The van der Waals surface area contributed by atoms with Crippen LogP contribution in [0.15, 0.2) is 36.4 Å². The predicted molar refractivity (Wildman–Crippen MR) is 119 cm³/mol. The second-order valence-corrected chi connectivity index (χ2v) is 8.64. The third-order valence-electron chi connectivity index (χ3n) is 6.33. The van der Waals surface area contributed by atoms with Crippen LogP contribution in [-0.4, -0.2) is 44.0 Å². The molecule has 2 heterocycles. The lowest BCUT2D eigenvalue weighted by Gasteiger charge is -2.45. The van der Waals surface area contributed by atoms with E-state index in [2.05, 4.69) is 19.2 Å². The molecule has 0 fully saturated rings. The molecule has 0 aliphatic carbocycles. The van der Waals surface area contributed by atoms with Gasteiger partial charge in [0.25, 0.3) is 5.91 Å². The van der Waals surface area contributed by atoms with Crippen molar-refractivity contribution in [1.82, 2.24) is 10.2 Å². The second-order valence-electron chi connectivity index (χ2n) is 8.64. The second kappa shape index (κ2) is 8.61. The van der Waals surface area contributed by atoms with E-state index in [1.165, 1.54) is 0 Å². The molecule has 164 valence electrons. The third kappa shape index (κ3) is 3.75. The van der Waals surface area contributed by atoms with Crippen molar-refractivity contribution in [3.05, 3.63) is 58.7 Å². The minimum Gasteiger partial charge on any atom is -0.493 e. The van der Waals surface area contributed by atoms with Gasteiger partial charge in [-0.25, -0.2) is 0 Å². The lowest BCUT2D eigenvalue weighted by Crippen LogP contribution is -2.50. The van der Waals surface area contributed by atoms with E-state index in [1.807, 2.05) is 41.3 Å². The van der Waals surface area contributed by atoms with Gasteiger partial charge >= 0.3 is 0 Å². The zero-order valence-corrected chi connectivity index (χ0v) is 18.6. The molecule has 2 amide bonds. The van der Waals surface area contributed by atoms with Crippen LogP contribution in [0, 0.1) is 5.92 Å². The fourth-order valence-electron chi connectivity index (χ4n) is 4.73. The lowest BCUT2D eigenvalue weighted by molar-refractivity contribution is -0.124. The van der Waals surface area contributed by atoms with E-state index < -0.39 is 5.92 Å². The predicted octanol–water partition coefficient (Wildman–Crippen LogP) is 3.70. The normalized spacial score (nSPS) is 19.4. The largest absolute Gasteiger partial charge is 0.493 e. The number of carbonyl (C=O) groups excluding carboxylic acids is 2. The van der Waals surface area contributed by atoms with E-state index in [9.17, 15) is 9.59 Å². The molecule has 0 saturated heterocycles. The first-order valence-corrected chi connectivity index (χ1v) is 10.9. The summed E-state index contributed by atoms with van der Waals surface area (Å²) in [6, 6.07) is 11.0. The molecule has 0 bridgehead atoms. The SMILES string of the molecule is COc1cc2c(cc1OC)[C@@H]1[C@H](C(=O)NCCC(C)C)c3ccccc3C(=O)N1CC2. The first-order chi connectivity index (χ1) is 15.0. The Labute approximate surface area is 183 Å². The van der Waals surface area contributed by atoms with Gasteiger partial charge in [-0.05, 0) is 53.6 Å². The van der Waals surface area contributed by atoms with Gasteiger partial charge in [0.1, 0.15) is 0 Å². The molecule has 2 aliphatic rings. The fraction of sp³-hybridized carbons (Fsp3) is 0.440. The molecule has 0 aromatic heterocycles. The molecule has 0 radical (unpaired) electrons. The number of hydrogen-bond donors (Lipinski definition) is 1. The van der Waals surface area contributed by atoms with Crippen molar-refractivity contribution < 1.29 is 19.1 Å². The number of amides is 2. The van der Waals surface area contributed by atoms with Gasteiger partial charge in [0.15, 0.2) is 11.5 Å². The van der Waals surface area contributed by atoms with Crippen molar-refractivity contribution in [2.45, 2.75) is 38.6 Å². The molecule has 2 aromatic carbocycles. The van der Waals surface area contributed by atoms with Crippen molar-refractivity contribution in [3.8, 4) is 11.5 Å². The zero-order valence-electron chi connectivity index (χ0n) is 18.6. The van der Waals surface area contributed by atoms with Crippen molar-refractivity contribution in [2.24, 2.45) is 5.92 Å². The Morgan fingerprint density at radius 3 is 2.55 bits per heavy atom. The monoisotopic (exact) mass is 422 g/mol. The van der Waals surface area contributed by atoms with Gasteiger partial charge < -0.3 is 19.7 Å². The highest BCUT2D eigenvalue weighted by Crippen LogP contribution is 2.48. The summed E-state index contributed by atoms with van der Waals surface area (Å²) < 4.78 is 11.0. The van der Waals surface area contributed by atoms with Crippen molar-refractivity contribution in [3.63, 3.8) is 0 Å². The minimum atomic E-state index is -0.474. The number of ether oxygens (including phenoxy) is 2. The Kier molecular flexibility index (Phi) is 5.90. The summed E-state index contributed by atoms with van der Waals surface area (Å²) in [4.78, 5) is 28.7. The highest BCUT2D eigenvalue weighted by Gasteiger charge is 2.46. The van der Waals surface area contributed by atoms with Crippen LogP contribution in [0.25, 0.3) is 0 Å². The van der Waals surface area contributed by atoms with Gasteiger partial charge in [0, 0.05) is 18.7 Å². The van der Waals surface area contributed by atoms with Gasteiger partial charge in [-0.15, -0.1) is 0 Å². The topological polar surface area (TPSA) is 67.9 Å². The van der Waals surface area contributed by atoms with E-state index in [0.29, 0.717) is 42.5 Å². The molecule has 31 heavy (non-hydrogen) atoms. The van der Waals surface area contributed by atoms with Crippen LogP contribution < -0.4 is 14.8 Å². The molecule has 4 rings (SSSR count). The maximum Gasteiger partial charge on any atom is 0.254 e. The summed E-state index contributed by atoms with van der Waals surface area (Å²) in [5.41, 5.74) is 3.45. The molecular weight excluding hydrogens is 392 g/mol. The standard InChI is InChI=1S/C25H30N2O4/c1-15(2)9-11-26-24(28)22-17-7-5-6-8-18(17)25(29)27-12-10-16-13-20(30-3)21(31-4)14-19(16)23(22)27/h5-8,13-15,22-23H,9-12H2,1-4H3,(H,26,28)/t22-,23-/m1/s1. The summed E-state index contributed by atoms with van der Waals surface area (Å²) in [5, 5.41) is 3.12. The molecule has 0 saturated carbocycles. The molecule has 2 aromatic rings. The number of nitrogens with zero attached hydrogens (tertiary/aromatic N) is 1. The Bertz CT molecular complexity index is 1000. The Balaban J connectivity index is 1.81. The van der Waals surface area contributed by atoms with Gasteiger partial charge in [-0.3, -0.25) is 9.59 Å². The van der Waals surface area contributed by atoms with Crippen LogP contribution >= 0.6 is 0 Å². The first kappa shape index (κ1) is 21.2. The van der Waals surface area contributed by atoms with E-state index in [1.54, 1.807) is 14.2 Å². The van der Waals surface area contributed by atoms with E-state index in [-0.39, 0.29) is 17.9 Å². The highest BCUT2D eigenvalue weighted by molar-refractivity contribution is 6.01. The van der Waals surface area contributed by atoms with Crippen LogP contribution in [0.2, 0.25) is 0 Å². The maximum atomic E-state index is 13.5. The summed E-state index contributed by atoms with van der Waals surface area (Å²) in [5.74, 6) is 1.23. The smallest absolute Gasteiger partial charge is 0.254 e. The van der Waals surface area contributed by atoms with Crippen molar-refractivity contribution >= 4 is 11.8 Å². The van der Waals surface area contributed by atoms with Gasteiger partial charge in [-0.2, -0.15) is 0 Å². The van der Waals surface area contributed by atoms with Crippen molar-refractivity contribution in [1.29, 1.82) is 0 Å². The van der Waals surface area contributed by atoms with Crippen LogP contribution in [-0.2, 0) is 11.2 Å². The summed E-state index contributed by atoms with van der Waals surface area (Å²) >= 11 is 0. The Morgan fingerprint density at radius 1 is 1.13 bits per heavy atom. The van der Waals surface area contributed by atoms with Gasteiger partial charge in [-0.1, -0.05) is 32.0 Å². The summed E-state index contributed by atoms with van der Waals surface area (Å²) in [6.07, 6.45) is 1.62. The molecule has 0 unspecified atom stereocenters. The molecule has 0 spiro atoms. The number of hydrogen-bond acceptors (Lipinski definition) is 4. The average Bonchev–Trinajstić information content (AvgIpc) is 2.77. The number of methoxy groups -OCH3 is 2. The molecule has 2 atom stereocenters. The number of carbonyl (C=O) groups is 2. The van der Waals surface area contributed by atoms with Gasteiger partial charge in [0.05, 0.1) is 26.2 Å². The third-order valence-corrected chi connectivity index (χ3v) is 6.33. The number of nitrogens with one attached hydrogen (secondary N) is 1. The Hall–Kier alpha value is -3.02. The molecule has 1 N–H and O–H groups in total. The van der Waals surface area contributed by atoms with Gasteiger partial charge in [0.2, 0.25) is 5.91 Å². The fourth-order valence-corrected chi connectivity index (χ4v) is 4.73. The molecular formula is C25H30N2O4. The average molecular weight is 423 g/mol. The number of fused-ring (bicyclic) bond motifs is 4. The van der Waals surface area contributed by atoms with Crippen LogP contribution in [0.3, 0.4) is 0 Å². The lowest BCUT2D eigenvalue weighted by atomic mass is 9.75. The van der Waals surface area contributed by atoms with Crippen LogP contribution in [0.5, 0.6) is 11.5 Å². The first-order valence-electron chi connectivity index (χ1n) is 10.9. The van der Waals surface area contributed by atoms with E-state index in [4.69, 9.17) is 9.47 Å². The van der Waals surface area contributed by atoms with Crippen LogP contribution in [0.4, 0.5) is 0 Å². The maximum absolute atomic E-state index is 13.5. The molecule has 2 aliphatic heterocycles. The minimum absolute atomic E-state index is 0.0211. The zero-order chi connectivity index (χ0) is 22.1. The van der Waals surface area contributed by atoms with Crippen LogP contribution in [0.1, 0.15) is 59.3 Å². The summed E-state index contributed by atoms with van der Waals surface area (Å²) in [6.45, 7) is 5.46. The molecule has 6 nitrogen and oxygen atoms in total.